The van der Waals surface area contributed by atoms with Crippen molar-refractivity contribution in [2.75, 3.05) is 13.1 Å². The summed E-state index contributed by atoms with van der Waals surface area (Å²) in [5, 5.41) is -5.95. The van der Waals surface area contributed by atoms with Crippen LogP contribution in [0, 0.1) is 175 Å². The number of hydrogen-bond donors (Lipinski definition) is 2. The van der Waals surface area contributed by atoms with Gasteiger partial charge in [-0.05, 0) is 86.7 Å². The first-order valence-corrected chi connectivity index (χ1v) is 31.2. The summed E-state index contributed by atoms with van der Waals surface area (Å²) in [4.78, 5) is 13.8. The van der Waals surface area contributed by atoms with E-state index in [1.165, 1.54) is 18.7 Å². The highest BCUT2D eigenvalue weighted by molar-refractivity contribution is 6.30. The minimum absolute atomic E-state index is 0.335. The number of aliphatic imine (C=N–C) groups is 1. The Morgan fingerprint density at radius 2 is 0.658 bits per heavy atom. The molecule has 15 rings (SSSR count). The monoisotopic (exact) mass is 1580 g/mol. The van der Waals surface area contributed by atoms with Gasteiger partial charge in [0.1, 0.15) is 0 Å². The van der Waals surface area contributed by atoms with Crippen LogP contribution in [-0.2, 0) is 0 Å². The SMILES string of the molecule is CCN(C=c1c2cc3cc4nc3c(-c3c(F)c(F)c(F)c(F)c3F)c3ccc(c(-c5c(F)c(F)c(F)c(F)c5F)c5ccc(n15)C(c1c(F)c(F)c(F)c(F)c1F)=c1ccc([nH]1)=C(c1c(F)c(F)c(F)c(F)c1F)C1=NC(=C(c5c(F)c(F)c(F)c(F)c5F)c5ccc([nH]5)C=4c4c(F)c(F)c(F)c(F)c4F)C=C1)n32)CC. The van der Waals surface area contributed by atoms with Gasteiger partial charge in [0.15, 0.2) is 140 Å². The summed E-state index contributed by atoms with van der Waals surface area (Å²) in [6.07, 6.45) is 1.66. The average Bonchev–Trinajstić information content (AvgIpc) is 1.54. The second-order valence-corrected chi connectivity index (χ2v) is 24.3. The van der Waals surface area contributed by atoms with E-state index in [4.69, 9.17) is 0 Å². The zero-order chi connectivity index (χ0) is 80.1. The zero-order valence-corrected chi connectivity index (χ0v) is 54.0. The first-order valence-electron chi connectivity index (χ1n) is 31.2. The van der Waals surface area contributed by atoms with Crippen LogP contribution in [0.1, 0.15) is 53.2 Å². The molecule has 0 atom stereocenters. The molecule has 0 fully saturated rings. The number of fused-ring (bicyclic) bond motifs is 6. The van der Waals surface area contributed by atoms with Crippen molar-refractivity contribution in [1.82, 2.24) is 28.7 Å². The van der Waals surface area contributed by atoms with Crippen LogP contribution in [-0.4, -0.2) is 47.5 Å². The standard InChI is InChI=1S/C74H25F30N7/c1-3-109(4-2)17-31-30-16-18-15-25-34(40-48(79)60(91)70(101)61(92)49(40)80)23-8-7-21(106-23)32(38-44(75)56(87)68(99)57(88)45(38)76)19-5-6-20(105-19)33(39-46(77)58(89)69(100)59(90)47(39)78)22-9-10-24(107-22)35(41-50(81)62(93)71(102)63(94)51(41)82)26-11-12-28(111(26)31)36(42-52(83)64(95)72(103)65(96)53(42)84)27-13-14-29(110(27)30)37(74(18)108-25)43-54(85)66(97)73(104)67(98)55(43)86/h5-17,106-107H,3-4H2,1-2H3. The maximum atomic E-state index is 17.4. The summed E-state index contributed by atoms with van der Waals surface area (Å²) in [5.74, 6) is -86.2. The molecule has 2 aliphatic rings. The van der Waals surface area contributed by atoms with Gasteiger partial charge in [0.05, 0.1) is 88.8 Å². The molecule has 6 aromatic carbocycles. The number of nitrogens with zero attached hydrogens (tertiary/aromatic N) is 5. The van der Waals surface area contributed by atoms with E-state index in [0.29, 0.717) is 81.6 Å². The minimum Gasteiger partial charge on any atom is -0.376 e. The third kappa shape index (κ3) is 10.4. The Labute approximate surface area is 593 Å². The third-order valence-electron chi connectivity index (χ3n) is 18.6. The molecule has 7 aromatic heterocycles. The predicted octanol–water partition coefficient (Wildman–Crippen LogP) is 17.6. The number of allylic oxidation sites excluding steroid dienone is 2. The lowest BCUT2D eigenvalue weighted by molar-refractivity contribution is 0.376. The maximum absolute atomic E-state index is 17.4. The highest BCUT2D eigenvalue weighted by atomic mass is 19.2. The Morgan fingerprint density at radius 1 is 0.315 bits per heavy atom. The molecule has 7 nitrogen and oxygen atoms in total. The van der Waals surface area contributed by atoms with Gasteiger partial charge in [0.25, 0.3) is 0 Å². The van der Waals surface area contributed by atoms with Crippen molar-refractivity contribution in [2.45, 2.75) is 13.8 Å². The molecule has 10 bridgehead atoms. The quantitative estimate of drug-likeness (QED) is 0.0859. The van der Waals surface area contributed by atoms with Crippen molar-refractivity contribution in [3.05, 3.63) is 314 Å². The van der Waals surface area contributed by atoms with E-state index in [9.17, 15) is 0 Å². The van der Waals surface area contributed by atoms with Gasteiger partial charge in [-0.3, -0.25) is 0 Å². The molecule has 13 aromatic rings. The first kappa shape index (κ1) is 73.9. The molecule has 2 N–H and O–H groups in total. The first-order chi connectivity index (χ1) is 52.5. The van der Waals surface area contributed by atoms with Crippen molar-refractivity contribution in [3.8, 4) is 22.3 Å². The number of hydrogen-bond acceptors (Lipinski definition) is 3. The fourth-order valence-electron chi connectivity index (χ4n) is 13.6. The number of benzene rings is 6. The Hall–Kier alpha value is -12.6. The predicted molar refractivity (Wildman–Crippen MR) is 332 cm³/mol. The molecular weight excluding hydrogens is 1560 g/mol. The Morgan fingerprint density at radius 3 is 1.09 bits per heavy atom. The topological polar surface area (TPSA) is 68.9 Å². The summed E-state index contributed by atoms with van der Waals surface area (Å²) in [6, 6.07) is 4.89. The molecule has 0 unspecified atom stereocenters. The van der Waals surface area contributed by atoms with Gasteiger partial charge in [0, 0.05) is 80.2 Å². The van der Waals surface area contributed by atoms with E-state index in [1.807, 2.05) is 0 Å². The van der Waals surface area contributed by atoms with Crippen LogP contribution in [0.15, 0.2) is 83.5 Å². The molecule has 9 heterocycles. The fourth-order valence-corrected chi connectivity index (χ4v) is 13.6. The molecule has 0 aliphatic carbocycles. The van der Waals surface area contributed by atoms with E-state index in [-0.39, 0.29) is 13.1 Å². The zero-order valence-electron chi connectivity index (χ0n) is 54.0. The minimum atomic E-state index is -2.95. The second-order valence-electron chi connectivity index (χ2n) is 24.3. The summed E-state index contributed by atoms with van der Waals surface area (Å²) in [5.41, 5.74) is -34.9. The van der Waals surface area contributed by atoms with Crippen LogP contribution in [0.3, 0.4) is 0 Å². The number of nitrogens with one attached hydrogen (secondary N) is 2. The van der Waals surface area contributed by atoms with Gasteiger partial charge < -0.3 is 23.7 Å². The van der Waals surface area contributed by atoms with E-state index >= 15 is 132 Å². The Kier molecular flexibility index (Phi) is 17.3. The molecule has 0 saturated carbocycles. The van der Waals surface area contributed by atoms with Crippen LogP contribution >= 0.6 is 0 Å². The van der Waals surface area contributed by atoms with Crippen LogP contribution < -0.4 is 21.4 Å². The lowest BCUT2D eigenvalue weighted by atomic mass is 9.98. The number of aromatic nitrogens is 5. The normalized spacial score (nSPS) is 13.5. The van der Waals surface area contributed by atoms with Gasteiger partial charge in [-0.1, -0.05) is 0 Å². The van der Waals surface area contributed by atoms with Gasteiger partial charge in [-0.25, -0.2) is 142 Å². The summed E-state index contributed by atoms with van der Waals surface area (Å²) >= 11 is 0. The van der Waals surface area contributed by atoms with Crippen molar-refractivity contribution in [2.24, 2.45) is 4.99 Å². The fraction of sp³-hybridized carbons (Fsp3) is 0.0541. The highest BCUT2D eigenvalue weighted by Gasteiger charge is 2.40. The maximum Gasteiger partial charge on any atom is 0.200 e. The molecule has 37 heteroatoms. The average molecular weight is 1580 g/mol. The summed E-state index contributed by atoms with van der Waals surface area (Å²) < 4.78 is 490. The van der Waals surface area contributed by atoms with Gasteiger partial charge in [0.2, 0.25) is 34.9 Å². The second kappa shape index (κ2) is 26.1. The van der Waals surface area contributed by atoms with Crippen molar-refractivity contribution in [1.29, 1.82) is 0 Å². The molecule has 566 valence electrons. The van der Waals surface area contributed by atoms with Crippen LogP contribution in [0.4, 0.5) is 132 Å². The molecule has 2 aliphatic heterocycles. The molecule has 0 saturated heterocycles. The van der Waals surface area contributed by atoms with Crippen molar-refractivity contribution >= 4 is 67.2 Å². The Balaban J connectivity index is 1.33. The smallest absolute Gasteiger partial charge is 0.200 e. The van der Waals surface area contributed by atoms with Crippen LogP contribution in [0.25, 0.3) is 83.7 Å². The van der Waals surface area contributed by atoms with E-state index in [0.717, 1.165) is 6.20 Å². The number of rotatable bonds is 9. The molecule has 0 radical (unpaired) electrons. The summed E-state index contributed by atoms with van der Waals surface area (Å²) in [7, 11) is 0. The molecule has 111 heavy (non-hydrogen) atoms. The number of halogens is 30. The van der Waals surface area contributed by atoms with Crippen LogP contribution in [0.5, 0.6) is 0 Å². The number of H-pyrrole nitrogens is 2. The van der Waals surface area contributed by atoms with Gasteiger partial charge in [-0.2, -0.15) is 0 Å². The van der Waals surface area contributed by atoms with E-state index < -0.39 is 324 Å². The third-order valence-corrected chi connectivity index (χ3v) is 18.6. The van der Waals surface area contributed by atoms with Crippen LogP contribution in [0.2, 0.25) is 0 Å². The lowest BCUT2D eigenvalue weighted by Gasteiger charge is -2.17. The van der Waals surface area contributed by atoms with E-state index in [1.54, 1.807) is 0 Å². The van der Waals surface area contributed by atoms with E-state index in [2.05, 4.69) is 19.9 Å². The summed E-state index contributed by atoms with van der Waals surface area (Å²) in [6.45, 7) is 2.01. The highest BCUT2D eigenvalue weighted by Crippen LogP contribution is 2.46. The van der Waals surface area contributed by atoms with Gasteiger partial charge >= 0.3 is 0 Å². The lowest BCUT2D eigenvalue weighted by Crippen LogP contribution is -2.26. The van der Waals surface area contributed by atoms with Crippen molar-refractivity contribution < 1.29 is 132 Å². The largest absolute Gasteiger partial charge is 0.376 e. The van der Waals surface area contributed by atoms with Gasteiger partial charge in [-0.15, -0.1) is 0 Å². The molecular formula is C74H25F30N7. The van der Waals surface area contributed by atoms with Crippen molar-refractivity contribution in [3.63, 3.8) is 0 Å². The molecule has 0 spiro atoms. The number of aromatic amines is 2. The Bertz CT molecular complexity index is 6700. The molecule has 0 amide bonds.